The number of benzene rings is 2. The van der Waals surface area contributed by atoms with Gasteiger partial charge >= 0.3 is 0 Å². The maximum absolute atomic E-state index is 12.0. The van der Waals surface area contributed by atoms with E-state index in [0.29, 0.717) is 19.4 Å². The summed E-state index contributed by atoms with van der Waals surface area (Å²) < 4.78 is 16.3. The van der Waals surface area contributed by atoms with Crippen molar-refractivity contribution < 1.29 is 19.0 Å². The fourth-order valence-corrected chi connectivity index (χ4v) is 2.21. The van der Waals surface area contributed by atoms with Crippen LogP contribution in [0, 0.1) is 0 Å². The molecule has 0 aliphatic rings. The highest BCUT2D eigenvalue weighted by atomic mass is 16.5. The fraction of sp³-hybridized carbons (Fsp3) is 0.350. The third-order valence-corrected chi connectivity index (χ3v) is 3.39. The Hall–Kier alpha value is -2.69. The first kappa shape index (κ1) is 18.6. The molecule has 1 N–H and O–H groups in total. The van der Waals surface area contributed by atoms with E-state index >= 15 is 0 Å². The number of hydrogen-bond acceptors (Lipinski definition) is 4. The summed E-state index contributed by atoms with van der Waals surface area (Å²) in [5, 5.41) is 2.87. The zero-order valence-corrected chi connectivity index (χ0v) is 15.0. The molecule has 0 radical (unpaired) electrons. The minimum atomic E-state index is -0.0316. The maximum Gasteiger partial charge on any atom is 0.224 e. The Morgan fingerprint density at radius 3 is 2.16 bits per heavy atom. The van der Waals surface area contributed by atoms with Crippen LogP contribution in [-0.2, 0) is 4.79 Å². The number of methoxy groups -OCH3 is 1. The number of amides is 1. The topological polar surface area (TPSA) is 56.8 Å². The van der Waals surface area contributed by atoms with Crippen molar-refractivity contribution >= 4 is 11.6 Å². The van der Waals surface area contributed by atoms with Crippen LogP contribution in [0.3, 0.4) is 0 Å². The van der Waals surface area contributed by atoms with E-state index in [2.05, 4.69) is 5.32 Å². The highest BCUT2D eigenvalue weighted by Gasteiger charge is 2.04. The van der Waals surface area contributed by atoms with Crippen LogP contribution in [0.25, 0.3) is 0 Å². The summed E-state index contributed by atoms with van der Waals surface area (Å²) in [6.45, 7) is 4.44. The Labute approximate surface area is 148 Å². The van der Waals surface area contributed by atoms with Gasteiger partial charge in [-0.25, -0.2) is 0 Å². The summed E-state index contributed by atoms with van der Waals surface area (Å²) in [6.07, 6.45) is 1.18. The summed E-state index contributed by atoms with van der Waals surface area (Å²) in [5.74, 6) is 2.32. The van der Waals surface area contributed by atoms with Crippen molar-refractivity contribution in [3.05, 3.63) is 48.5 Å². The largest absolute Gasteiger partial charge is 0.497 e. The molecule has 0 saturated carbocycles. The van der Waals surface area contributed by atoms with E-state index in [1.807, 2.05) is 62.4 Å². The number of nitrogens with one attached hydrogen (secondary N) is 1. The molecule has 0 heterocycles. The third kappa shape index (κ3) is 6.75. The molecule has 2 rings (SSSR count). The summed E-state index contributed by atoms with van der Waals surface area (Å²) in [4.78, 5) is 12.0. The maximum atomic E-state index is 12.0. The van der Waals surface area contributed by atoms with Gasteiger partial charge in [0.25, 0.3) is 0 Å². The van der Waals surface area contributed by atoms with Crippen LogP contribution in [0.1, 0.15) is 26.7 Å². The summed E-state index contributed by atoms with van der Waals surface area (Å²) in [7, 11) is 1.62. The van der Waals surface area contributed by atoms with E-state index in [9.17, 15) is 4.79 Å². The summed E-state index contributed by atoms with van der Waals surface area (Å²) in [6, 6.07) is 14.8. The van der Waals surface area contributed by atoms with Crippen LogP contribution in [-0.4, -0.2) is 25.7 Å². The van der Waals surface area contributed by atoms with Crippen LogP contribution in [0.5, 0.6) is 17.2 Å². The molecule has 0 unspecified atom stereocenters. The lowest BCUT2D eigenvalue weighted by Crippen LogP contribution is -2.13. The summed E-state index contributed by atoms with van der Waals surface area (Å²) >= 11 is 0. The van der Waals surface area contributed by atoms with E-state index in [1.54, 1.807) is 7.11 Å². The van der Waals surface area contributed by atoms with Gasteiger partial charge in [-0.05, 0) is 68.8 Å². The monoisotopic (exact) mass is 343 g/mol. The first-order valence-electron chi connectivity index (χ1n) is 8.40. The van der Waals surface area contributed by atoms with Crippen LogP contribution in [0.4, 0.5) is 5.69 Å². The number of ether oxygens (including phenoxy) is 3. The number of hydrogen-bond donors (Lipinski definition) is 1. The molecule has 0 aliphatic heterocycles. The van der Waals surface area contributed by atoms with Crippen molar-refractivity contribution in [1.82, 2.24) is 0 Å². The lowest BCUT2D eigenvalue weighted by molar-refractivity contribution is -0.116. The van der Waals surface area contributed by atoms with E-state index in [0.717, 1.165) is 22.9 Å². The summed E-state index contributed by atoms with van der Waals surface area (Å²) in [5.41, 5.74) is 0.761. The fourth-order valence-electron chi connectivity index (χ4n) is 2.21. The lowest BCUT2D eigenvalue weighted by Gasteiger charge is -2.11. The van der Waals surface area contributed by atoms with Crippen LogP contribution < -0.4 is 19.5 Å². The van der Waals surface area contributed by atoms with E-state index in [1.165, 1.54) is 0 Å². The second-order valence-electron chi connectivity index (χ2n) is 5.87. The Morgan fingerprint density at radius 2 is 1.56 bits per heavy atom. The van der Waals surface area contributed by atoms with E-state index in [-0.39, 0.29) is 12.0 Å². The predicted molar refractivity (Wildman–Crippen MR) is 98.6 cm³/mol. The van der Waals surface area contributed by atoms with Crippen molar-refractivity contribution in [3.63, 3.8) is 0 Å². The first-order valence-corrected chi connectivity index (χ1v) is 8.40. The molecule has 0 aliphatic carbocycles. The molecule has 1 amide bonds. The van der Waals surface area contributed by atoms with Crippen LogP contribution >= 0.6 is 0 Å². The van der Waals surface area contributed by atoms with Crippen molar-refractivity contribution in [1.29, 1.82) is 0 Å². The van der Waals surface area contributed by atoms with Gasteiger partial charge in [0, 0.05) is 12.1 Å². The number of anilines is 1. The molecule has 0 aromatic heterocycles. The average Bonchev–Trinajstić information content (AvgIpc) is 2.60. The molecule has 0 saturated heterocycles. The molecule has 5 nitrogen and oxygen atoms in total. The van der Waals surface area contributed by atoms with E-state index in [4.69, 9.17) is 14.2 Å². The molecule has 0 bridgehead atoms. The Bertz CT molecular complexity index is 650. The second kappa shape index (κ2) is 9.57. The SMILES string of the molecule is COc1ccc(OCCCC(=O)Nc2ccc(OC(C)C)cc2)cc1. The molecule has 2 aromatic carbocycles. The quantitative estimate of drug-likeness (QED) is 0.691. The minimum absolute atomic E-state index is 0.0316. The molecule has 25 heavy (non-hydrogen) atoms. The smallest absolute Gasteiger partial charge is 0.224 e. The molecule has 0 atom stereocenters. The van der Waals surface area contributed by atoms with Gasteiger partial charge in [-0.15, -0.1) is 0 Å². The molecule has 134 valence electrons. The van der Waals surface area contributed by atoms with Gasteiger partial charge in [-0.2, -0.15) is 0 Å². The van der Waals surface area contributed by atoms with Gasteiger partial charge in [0.1, 0.15) is 17.2 Å². The third-order valence-electron chi connectivity index (χ3n) is 3.39. The van der Waals surface area contributed by atoms with Gasteiger partial charge in [0.05, 0.1) is 19.8 Å². The van der Waals surface area contributed by atoms with Gasteiger partial charge in [-0.1, -0.05) is 0 Å². The lowest BCUT2D eigenvalue weighted by atomic mass is 10.2. The zero-order valence-electron chi connectivity index (χ0n) is 15.0. The first-order chi connectivity index (χ1) is 12.1. The van der Waals surface area contributed by atoms with Crippen LogP contribution in [0.2, 0.25) is 0 Å². The highest BCUT2D eigenvalue weighted by molar-refractivity contribution is 5.90. The van der Waals surface area contributed by atoms with Gasteiger partial charge in [0.15, 0.2) is 0 Å². The Morgan fingerprint density at radius 1 is 0.960 bits per heavy atom. The van der Waals surface area contributed by atoms with Crippen molar-refractivity contribution in [2.45, 2.75) is 32.8 Å². The van der Waals surface area contributed by atoms with Crippen LogP contribution in [0.15, 0.2) is 48.5 Å². The average molecular weight is 343 g/mol. The van der Waals surface area contributed by atoms with Gasteiger partial charge in [-0.3, -0.25) is 4.79 Å². The number of carbonyl (C=O) groups excluding carboxylic acids is 1. The molecular formula is C20H25NO4. The molecule has 2 aromatic rings. The second-order valence-corrected chi connectivity index (χ2v) is 5.87. The van der Waals surface area contributed by atoms with Crippen molar-refractivity contribution in [3.8, 4) is 17.2 Å². The van der Waals surface area contributed by atoms with Gasteiger partial charge < -0.3 is 19.5 Å². The molecular weight excluding hydrogens is 318 g/mol. The predicted octanol–water partition coefficient (Wildman–Crippen LogP) is 4.28. The molecule has 0 spiro atoms. The van der Waals surface area contributed by atoms with Gasteiger partial charge in [0.2, 0.25) is 5.91 Å². The standard InChI is InChI=1S/C20H25NO4/c1-15(2)25-19-8-6-16(7-9-19)21-20(22)5-4-14-24-18-12-10-17(23-3)11-13-18/h6-13,15H,4-5,14H2,1-3H3,(H,21,22). The number of carbonyl (C=O) groups is 1. The zero-order chi connectivity index (χ0) is 18.1. The van der Waals surface area contributed by atoms with Crippen molar-refractivity contribution in [2.75, 3.05) is 19.0 Å². The van der Waals surface area contributed by atoms with Crippen molar-refractivity contribution in [2.24, 2.45) is 0 Å². The molecule has 0 fully saturated rings. The number of rotatable bonds is 9. The Balaban J connectivity index is 1.67. The minimum Gasteiger partial charge on any atom is -0.497 e. The van der Waals surface area contributed by atoms with E-state index < -0.39 is 0 Å². The highest BCUT2D eigenvalue weighted by Crippen LogP contribution is 2.18. The molecule has 5 heteroatoms. The normalized spacial score (nSPS) is 10.4. The Kier molecular flexibility index (Phi) is 7.14.